The van der Waals surface area contributed by atoms with Gasteiger partial charge in [-0.15, -0.1) is 24.0 Å². The number of aryl methyl sites for hydroxylation is 4. The molecule has 3 rings (SSSR count). The molecule has 2 aromatic rings. The molecule has 0 spiro atoms. The summed E-state index contributed by atoms with van der Waals surface area (Å²) in [5.41, 5.74) is 10.4. The van der Waals surface area contributed by atoms with E-state index in [-0.39, 0.29) is 24.0 Å². The van der Waals surface area contributed by atoms with Crippen LogP contribution >= 0.6 is 24.0 Å². The van der Waals surface area contributed by atoms with Crippen molar-refractivity contribution in [2.24, 2.45) is 10.7 Å². The molecule has 6 heteroatoms. The van der Waals surface area contributed by atoms with Gasteiger partial charge in [-0.05, 0) is 49.9 Å². The van der Waals surface area contributed by atoms with Gasteiger partial charge in [-0.2, -0.15) is 0 Å². The summed E-state index contributed by atoms with van der Waals surface area (Å²) in [4.78, 5) is 9.03. The number of hydrogen-bond donors (Lipinski definition) is 2. The summed E-state index contributed by atoms with van der Waals surface area (Å²) < 4.78 is 2.24. The van der Waals surface area contributed by atoms with E-state index in [1.165, 1.54) is 29.8 Å². The third kappa shape index (κ3) is 4.70. The Morgan fingerprint density at radius 1 is 1.26 bits per heavy atom. The van der Waals surface area contributed by atoms with Crippen LogP contribution in [0.5, 0.6) is 0 Å². The van der Waals surface area contributed by atoms with Crippen molar-refractivity contribution in [2.45, 2.75) is 46.2 Å². The quantitative estimate of drug-likeness (QED) is 0.450. The third-order valence-electron chi connectivity index (χ3n) is 3.86. The maximum absolute atomic E-state index is 5.98. The van der Waals surface area contributed by atoms with Gasteiger partial charge in [0, 0.05) is 24.8 Å². The van der Waals surface area contributed by atoms with Crippen molar-refractivity contribution in [3.63, 3.8) is 0 Å². The molecule has 1 aliphatic heterocycles. The van der Waals surface area contributed by atoms with E-state index in [1.54, 1.807) is 0 Å². The Labute approximate surface area is 154 Å². The van der Waals surface area contributed by atoms with E-state index >= 15 is 0 Å². The number of hydrogen-bond acceptors (Lipinski definition) is 2. The van der Waals surface area contributed by atoms with Crippen LogP contribution in [0.2, 0.25) is 0 Å². The van der Waals surface area contributed by atoms with Crippen LogP contribution in [0.3, 0.4) is 0 Å². The molecule has 124 valence electrons. The Bertz CT molecular complexity index is 661. The van der Waals surface area contributed by atoms with Crippen molar-refractivity contribution in [1.29, 1.82) is 0 Å². The number of nitrogens with one attached hydrogen (secondary N) is 1. The summed E-state index contributed by atoms with van der Waals surface area (Å²) >= 11 is 0. The largest absolute Gasteiger partial charge is 0.370 e. The normalized spacial score (nSPS) is 14.1. The number of halogens is 1. The molecule has 0 aliphatic carbocycles. The lowest BCUT2D eigenvalue weighted by atomic mass is 10.1. The van der Waals surface area contributed by atoms with Crippen LogP contribution in [-0.2, 0) is 19.5 Å². The lowest BCUT2D eigenvalue weighted by Crippen LogP contribution is -2.22. The highest BCUT2D eigenvalue weighted by molar-refractivity contribution is 14.0. The van der Waals surface area contributed by atoms with Crippen molar-refractivity contribution in [2.75, 3.05) is 5.32 Å². The zero-order valence-electron chi connectivity index (χ0n) is 13.7. The topological polar surface area (TPSA) is 68.2 Å². The molecule has 1 aromatic carbocycles. The molecular formula is C17H24IN5. The van der Waals surface area contributed by atoms with Crippen LogP contribution in [0.25, 0.3) is 0 Å². The molecule has 0 unspecified atom stereocenters. The smallest absolute Gasteiger partial charge is 0.193 e. The second kappa shape index (κ2) is 7.81. The molecule has 0 atom stereocenters. The number of nitrogens with zero attached hydrogens (tertiary/aromatic N) is 3. The average Bonchev–Trinajstić information content (AvgIpc) is 2.87. The molecule has 0 amide bonds. The first-order valence-electron chi connectivity index (χ1n) is 7.80. The van der Waals surface area contributed by atoms with Crippen molar-refractivity contribution in [1.82, 2.24) is 9.55 Å². The molecule has 5 nitrogen and oxygen atoms in total. The van der Waals surface area contributed by atoms with Gasteiger partial charge in [0.2, 0.25) is 0 Å². The van der Waals surface area contributed by atoms with Gasteiger partial charge in [0.15, 0.2) is 5.96 Å². The second-order valence-corrected chi connectivity index (χ2v) is 6.00. The van der Waals surface area contributed by atoms with Gasteiger partial charge in [-0.25, -0.2) is 9.98 Å². The van der Waals surface area contributed by atoms with Crippen LogP contribution in [0.4, 0.5) is 5.69 Å². The first-order valence-corrected chi connectivity index (χ1v) is 7.80. The number of anilines is 1. The SMILES string of the molecule is Cc1cc(C)cc(NC(N)=NCc2cn3c(n2)CCCC3)c1.I. The highest BCUT2D eigenvalue weighted by Gasteiger charge is 2.11. The number of rotatable bonds is 3. The minimum Gasteiger partial charge on any atom is -0.370 e. The first kappa shape index (κ1) is 17.8. The molecule has 3 N–H and O–H groups in total. The van der Waals surface area contributed by atoms with Gasteiger partial charge in [0.1, 0.15) is 5.82 Å². The fourth-order valence-corrected chi connectivity index (χ4v) is 2.95. The van der Waals surface area contributed by atoms with Crippen molar-refractivity contribution < 1.29 is 0 Å². The van der Waals surface area contributed by atoms with Gasteiger partial charge in [-0.3, -0.25) is 0 Å². The number of fused-ring (bicyclic) bond motifs is 1. The van der Waals surface area contributed by atoms with E-state index < -0.39 is 0 Å². The molecule has 0 bridgehead atoms. The van der Waals surface area contributed by atoms with E-state index in [9.17, 15) is 0 Å². The molecular weight excluding hydrogens is 401 g/mol. The van der Waals surface area contributed by atoms with Gasteiger partial charge < -0.3 is 15.6 Å². The zero-order valence-corrected chi connectivity index (χ0v) is 16.0. The van der Waals surface area contributed by atoms with Gasteiger partial charge in [0.25, 0.3) is 0 Å². The number of aromatic nitrogens is 2. The van der Waals surface area contributed by atoms with E-state index in [0.717, 1.165) is 24.3 Å². The molecule has 0 saturated heterocycles. The third-order valence-corrected chi connectivity index (χ3v) is 3.86. The maximum atomic E-state index is 5.98. The van der Waals surface area contributed by atoms with Crippen LogP contribution in [-0.4, -0.2) is 15.5 Å². The summed E-state index contributed by atoms with van der Waals surface area (Å²) in [7, 11) is 0. The number of benzene rings is 1. The maximum Gasteiger partial charge on any atom is 0.193 e. The number of guanidine groups is 1. The number of nitrogens with two attached hydrogens (primary N) is 1. The summed E-state index contributed by atoms with van der Waals surface area (Å²) in [5, 5.41) is 3.15. The highest BCUT2D eigenvalue weighted by Crippen LogP contribution is 2.15. The van der Waals surface area contributed by atoms with Crippen LogP contribution < -0.4 is 11.1 Å². The van der Waals surface area contributed by atoms with Crippen molar-refractivity contribution in [3.05, 3.63) is 47.0 Å². The van der Waals surface area contributed by atoms with E-state index in [1.807, 2.05) is 0 Å². The lowest BCUT2D eigenvalue weighted by molar-refractivity contribution is 0.522. The lowest BCUT2D eigenvalue weighted by Gasteiger charge is -2.11. The Morgan fingerprint density at radius 3 is 2.70 bits per heavy atom. The monoisotopic (exact) mass is 425 g/mol. The Morgan fingerprint density at radius 2 is 2.00 bits per heavy atom. The minimum absolute atomic E-state index is 0. The Hall–Kier alpha value is -1.57. The van der Waals surface area contributed by atoms with Gasteiger partial charge >= 0.3 is 0 Å². The zero-order chi connectivity index (χ0) is 15.5. The highest BCUT2D eigenvalue weighted by atomic mass is 127. The summed E-state index contributed by atoms with van der Waals surface area (Å²) in [6.45, 7) is 5.73. The standard InChI is InChI=1S/C17H23N5.HI/c1-12-7-13(2)9-14(8-12)21-17(18)19-10-15-11-22-6-4-3-5-16(22)20-15;/h7-9,11H,3-6,10H2,1-2H3,(H3,18,19,21);1H. The minimum atomic E-state index is 0. The molecule has 0 fully saturated rings. The Balaban J connectivity index is 0.00000192. The molecule has 1 aliphatic rings. The number of aliphatic imine (C=N–C) groups is 1. The second-order valence-electron chi connectivity index (χ2n) is 6.00. The Kier molecular flexibility index (Phi) is 6.04. The number of imidazole rings is 1. The van der Waals surface area contributed by atoms with Crippen LogP contribution in [0, 0.1) is 13.8 Å². The van der Waals surface area contributed by atoms with E-state index in [0.29, 0.717) is 12.5 Å². The van der Waals surface area contributed by atoms with Crippen molar-refractivity contribution >= 4 is 35.6 Å². The summed E-state index contributed by atoms with van der Waals surface area (Å²) in [6, 6.07) is 6.25. The molecule has 23 heavy (non-hydrogen) atoms. The summed E-state index contributed by atoms with van der Waals surface area (Å²) in [6.07, 6.45) is 5.64. The molecule has 1 aromatic heterocycles. The van der Waals surface area contributed by atoms with Gasteiger partial charge in [0.05, 0.1) is 12.2 Å². The molecule has 0 saturated carbocycles. The van der Waals surface area contributed by atoms with Gasteiger partial charge in [-0.1, -0.05) is 6.07 Å². The predicted octanol–water partition coefficient (Wildman–Crippen LogP) is 3.38. The fraction of sp³-hybridized carbons (Fsp3) is 0.412. The van der Waals surface area contributed by atoms with E-state index in [2.05, 4.69) is 58.1 Å². The average molecular weight is 425 g/mol. The fourth-order valence-electron chi connectivity index (χ4n) is 2.95. The van der Waals surface area contributed by atoms with Crippen LogP contribution in [0.1, 0.15) is 35.5 Å². The first-order chi connectivity index (χ1) is 10.6. The van der Waals surface area contributed by atoms with E-state index in [4.69, 9.17) is 5.73 Å². The molecule has 2 heterocycles. The van der Waals surface area contributed by atoms with Crippen LogP contribution in [0.15, 0.2) is 29.4 Å². The summed E-state index contributed by atoms with van der Waals surface area (Å²) in [5.74, 6) is 1.60. The predicted molar refractivity (Wildman–Crippen MR) is 105 cm³/mol. The van der Waals surface area contributed by atoms with Crippen molar-refractivity contribution in [3.8, 4) is 0 Å². The molecule has 0 radical (unpaired) electrons.